The number of rotatable bonds is 5. The van der Waals surface area contributed by atoms with Crippen LogP contribution >= 0.6 is 0 Å². The highest BCUT2D eigenvalue weighted by atomic mass is 19.2. The van der Waals surface area contributed by atoms with Crippen LogP contribution in [0, 0.1) is 23.4 Å². The molecule has 0 saturated carbocycles. The van der Waals surface area contributed by atoms with Gasteiger partial charge in [-0.15, -0.1) is 0 Å². The molecular formula is C13H15F3O. The van der Waals surface area contributed by atoms with Gasteiger partial charge in [-0.1, -0.05) is 26.7 Å². The summed E-state index contributed by atoms with van der Waals surface area (Å²) in [6.07, 6.45) is 1.92. The quantitative estimate of drug-likeness (QED) is 0.562. The molecule has 4 heteroatoms. The third-order valence-electron chi connectivity index (χ3n) is 2.65. The summed E-state index contributed by atoms with van der Waals surface area (Å²) >= 11 is 0. The van der Waals surface area contributed by atoms with Gasteiger partial charge >= 0.3 is 0 Å². The Labute approximate surface area is 98.6 Å². The van der Waals surface area contributed by atoms with Crippen molar-refractivity contribution in [3.05, 3.63) is 35.1 Å². The van der Waals surface area contributed by atoms with Gasteiger partial charge in [0.05, 0.1) is 5.56 Å². The fourth-order valence-corrected chi connectivity index (χ4v) is 1.76. The van der Waals surface area contributed by atoms with E-state index in [9.17, 15) is 18.0 Å². The minimum Gasteiger partial charge on any atom is -0.294 e. The molecule has 0 saturated heterocycles. The van der Waals surface area contributed by atoms with E-state index in [-0.39, 0.29) is 17.9 Å². The molecule has 0 N–H and O–H groups in total. The molecule has 1 rings (SSSR count). The number of carbonyl (C=O) groups excluding carboxylic acids is 1. The van der Waals surface area contributed by atoms with Crippen LogP contribution in [0.15, 0.2) is 12.1 Å². The molecule has 1 nitrogen and oxygen atoms in total. The Morgan fingerprint density at radius 3 is 2.47 bits per heavy atom. The largest absolute Gasteiger partial charge is 0.294 e. The van der Waals surface area contributed by atoms with E-state index >= 15 is 0 Å². The monoisotopic (exact) mass is 244 g/mol. The molecule has 0 aliphatic carbocycles. The van der Waals surface area contributed by atoms with Crippen molar-refractivity contribution in [2.75, 3.05) is 0 Å². The Morgan fingerprint density at radius 2 is 1.88 bits per heavy atom. The van der Waals surface area contributed by atoms with Gasteiger partial charge in [-0.2, -0.15) is 0 Å². The Kier molecular flexibility index (Phi) is 4.73. The summed E-state index contributed by atoms with van der Waals surface area (Å²) in [5, 5.41) is 0. The maximum absolute atomic E-state index is 13.3. The van der Waals surface area contributed by atoms with Crippen molar-refractivity contribution in [1.29, 1.82) is 0 Å². The van der Waals surface area contributed by atoms with E-state index < -0.39 is 23.2 Å². The van der Waals surface area contributed by atoms with Crippen LogP contribution < -0.4 is 0 Å². The molecule has 0 amide bonds. The molecule has 1 unspecified atom stereocenters. The third kappa shape index (κ3) is 3.32. The van der Waals surface area contributed by atoms with Crippen molar-refractivity contribution in [2.24, 2.45) is 5.92 Å². The summed E-state index contributed by atoms with van der Waals surface area (Å²) in [6.45, 7) is 3.86. The first-order chi connectivity index (χ1) is 7.97. The van der Waals surface area contributed by atoms with Crippen LogP contribution in [0.3, 0.4) is 0 Å². The van der Waals surface area contributed by atoms with Crippen molar-refractivity contribution in [3.8, 4) is 0 Å². The smallest absolute Gasteiger partial charge is 0.195 e. The van der Waals surface area contributed by atoms with Gasteiger partial charge in [0.15, 0.2) is 23.2 Å². The number of hydrogen-bond acceptors (Lipinski definition) is 1. The number of carbonyl (C=O) groups is 1. The van der Waals surface area contributed by atoms with Gasteiger partial charge in [0.25, 0.3) is 0 Å². The summed E-state index contributed by atoms with van der Waals surface area (Å²) in [6, 6.07) is 1.77. The first-order valence-electron chi connectivity index (χ1n) is 5.64. The molecule has 0 radical (unpaired) electrons. The normalized spacial score (nSPS) is 12.5. The van der Waals surface area contributed by atoms with Gasteiger partial charge < -0.3 is 0 Å². The Bertz CT molecular complexity index is 415. The number of ketones is 1. The highest BCUT2D eigenvalue weighted by molar-refractivity contribution is 5.96. The Hall–Kier alpha value is -1.32. The summed E-state index contributed by atoms with van der Waals surface area (Å²) < 4.78 is 38.9. The van der Waals surface area contributed by atoms with Crippen LogP contribution in [-0.2, 0) is 0 Å². The Morgan fingerprint density at radius 1 is 1.24 bits per heavy atom. The summed E-state index contributed by atoms with van der Waals surface area (Å²) in [7, 11) is 0. The van der Waals surface area contributed by atoms with Gasteiger partial charge in [-0.3, -0.25) is 4.79 Å². The van der Waals surface area contributed by atoms with Gasteiger partial charge in [0.1, 0.15) is 0 Å². The van der Waals surface area contributed by atoms with Crippen LogP contribution in [0.1, 0.15) is 43.5 Å². The average molecular weight is 244 g/mol. The highest BCUT2D eigenvalue weighted by Gasteiger charge is 2.19. The van der Waals surface area contributed by atoms with Crippen molar-refractivity contribution >= 4 is 5.78 Å². The fraction of sp³-hybridized carbons (Fsp3) is 0.462. The molecule has 0 fully saturated rings. The van der Waals surface area contributed by atoms with Crippen molar-refractivity contribution < 1.29 is 18.0 Å². The van der Waals surface area contributed by atoms with Gasteiger partial charge in [0.2, 0.25) is 0 Å². The SMILES string of the molecule is CCCC(C)CC(=O)c1ccc(F)c(F)c1F. The molecule has 0 aliphatic rings. The molecular weight excluding hydrogens is 229 g/mol. The maximum atomic E-state index is 13.3. The van der Waals surface area contributed by atoms with Gasteiger partial charge in [-0.05, 0) is 18.1 Å². The summed E-state index contributed by atoms with van der Waals surface area (Å²) in [4.78, 5) is 11.7. The number of benzene rings is 1. The van der Waals surface area contributed by atoms with Crippen LogP contribution in [0.25, 0.3) is 0 Å². The van der Waals surface area contributed by atoms with Crippen molar-refractivity contribution in [1.82, 2.24) is 0 Å². The lowest BCUT2D eigenvalue weighted by Crippen LogP contribution is -2.10. The second kappa shape index (κ2) is 5.84. The highest BCUT2D eigenvalue weighted by Crippen LogP contribution is 2.19. The van der Waals surface area contributed by atoms with E-state index in [2.05, 4.69) is 0 Å². The summed E-state index contributed by atoms with van der Waals surface area (Å²) in [5.74, 6) is -4.62. The first-order valence-corrected chi connectivity index (χ1v) is 5.64. The van der Waals surface area contributed by atoms with E-state index in [1.54, 1.807) is 0 Å². The number of hydrogen-bond donors (Lipinski definition) is 0. The molecule has 0 spiro atoms. The van der Waals surface area contributed by atoms with Gasteiger partial charge in [0, 0.05) is 6.42 Å². The molecule has 17 heavy (non-hydrogen) atoms. The maximum Gasteiger partial charge on any atom is 0.195 e. The molecule has 94 valence electrons. The molecule has 0 aromatic heterocycles. The van der Waals surface area contributed by atoms with Crippen LogP contribution in [-0.4, -0.2) is 5.78 Å². The lowest BCUT2D eigenvalue weighted by Gasteiger charge is -2.09. The number of Topliss-reactive ketones (excluding diaryl/α,β-unsaturated/α-hetero) is 1. The first kappa shape index (κ1) is 13.7. The van der Waals surface area contributed by atoms with E-state index in [1.807, 2.05) is 13.8 Å². The van der Waals surface area contributed by atoms with Gasteiger partial charge in [-0.25, -0.2) is 13.2 Å². The zero-order valence-corrected chi connectivity index (χ0v) is 9.90. The minimum atomic E-state index is -1.58. The standard InChI is InChI=1S/C13H15F3O/c1-3-4-8(2)7-11(17)9-5-6-10(14)13(16)12(9)15/h5-6,8H,3-4,7H2,1-2H3. The molecule has 1 atom stereocenters. The van der Waals surface area contributed by atoms with E-state index in [0.717, 1.165) is 25.0 Å². The van der Waals surface area contributed by atoms with E-state index in [4.69, 9.17) is 0 Å². The number of halogens is 3. The second-order valence-corrected chi connectivity index (χ2v) is 4.24. The van der Waals surface area contributed by atoms with E-state index in [0.29, 0.717) is 0 Å². The van der Waals surface area contributed by atoms with Crippen LogP contribution in [0.4, 0.5) is 13.2 Å². The minimum absolute atomic E-state index is 0.111. The average Bonchev–Trinajstić information content (AvgIpc) is 2.26. The molecule has 0 heterocycles. The predicted molar refractivity (Wildman–Crippen MR) is 59.3 cm³/mol. The van der Waals surface area contributed by atoms with E-state index in [1.165, 1.54) is 0 Å². The topological polar surface area (TPSA) is 17.1 Å². The zero-order valence-electron chi connectivity index (χ0n) is 9.90. The van der Waals surface area contributed by atoms with Crippen LogP contribution in [0.2, 0.25) is 0 Å². The van der Waals surface area contributed by atoms with Crippen LogP contribution in [0.5, 0.6) is 0 Å². The Balaban J connectivity index is 2.86. The molecule has 0 bridgehead atoms. The lowest BCUT2D eigenvalue weighted by atomic mass is 9.96. The zero-order chi connectivity index (χ0) is 13.0. The predicted octanol–water partition coefficient (Wildman–Crippen LogP) is 4.11. The second-order valence-electron chi connectivity index (χ2n) is 4.24. The summed E-state index contributed by atoms with van der Waals surface area (Å²) in [5.41, 5.74) is -0.369. The fourth-order valence-electron chi connectivity index (χ4n) is 1.76. The van der Waals surface area contributed by atoms with Crippen molar-refractivity contribution in [3.63, 3.8) is 0 Å². The third-order valence-corrected chi connectivity index (χ3v) is 2.65. The molecule has 0 aliphatic heterocycles. The molecule has 1 aromatic carbocycles. The van der Waals surface area contributed by atoms with Crippen molar-refractivity contribution in [2.45, 2.75) is 33.1 Å². The lowest BCUT2D eigenvalue weighted by molar-refractivity contribution is 0.0957. The molecule has 1 aromatic rings.